The predicted molar refractivity (Wildman–Crippen MR) is 212 cm³/mol. The van der Waals surface area contributed by atoms with E-state index in [9.17, 15) is 19.5 Å². The molecule has 0 aliphatic rings. The number of carbonyl (C=O) groups is 3. The second-order valence-electron chi connectivity index (χ2n) is 12.4. The van der Waals surface area contributed by atoms with Gasteiger partial charge in [-0.15, -0.1) is 10.2 Å². The Balaban J connectivity index is 1.25. The molecule has 266 valence electrons. The maximum atomic E-state index is 13.9. The van der Waals surface area contributed by atoms with Crippen LogP contribution < -0.4 is 20.7 Å². The highest BCUT2D eigenvalue weighted by atomic mass is 16.5. The summed E-state index contributed by atoms with van der Waals surface area (Å²) in [6, 6.07) is 43.3. The van der Waals surface area contributed by atoms with Crippen LogP contribution in [-0.4, -0.2) is 36.5 Å². The van der Waals surface area contributed by atoms with Crippen LogP contribution in [0.2, 0.25) is 0 Å². The number of hydrogen-bond acceptors (Lipinski definition) is 7. The van der Waals surface area contributed by atoms with Crippen molar-refractivity contribution in [2.45, 2.75) is 6.42 Å². The van der Waals surface area contributed by atoms with Crippen LogP contribution in [0.25, 0.3) is 21.5 Å². The number of ether oxygens (including phenoxy) is 1. The zero-order valence-corrected chi connectivity index (χ0v) is 29.2. The van der Waals surface area contributed by atoms with Gasteiger partial charge in [0.25, 0.3) is 17.7 Å². The molecule has 7 aromatic carbocycles. The van der Waals surface area contributed by atoms with Gasteiger partial charge < -0.3 is 25.8 Å². The number of azo groups is 1. The third-order valence-electron chi connectivity index (χ3n) is 8.90. The van der Waals surface area contributed by atoms with E-state index in [1.165, 1.54) is 19.2 Å². The van der Waals surface area contributed by atoms with Crippen molar-refractivity contribution >= 4 is 62.0 Å². The molecular formula is C44H35N5O5. The van der Waals surface area contributed by atoms with Gasteiger partial charge in [-0.1, -0.05) is 91.0 Å². The molecule has 0 saturated heterocycles. The highest BCUT2D eigenvalue weighted by Crippen LogP contribution is 2.41. The number of para-hydroxylation sites is 1. The lowest BCUT2D eigenvalue weighted by Gasteiger charge is -2.14. The van der Waals surface area contributed by atoms with Crippen LogP contribution in [0.15, 0.2) is 156 Å². The van der Waals surface area contributed by atoms with Gasteiger partial charge in [0, 0.05) is 39.8 Å². The van der Waals surface area contributed by atoms with Crippen molar-refractivity contribution in [3.63, 3.8) is 0 Å². The fourth-order valence-corrected chi connectivity index (χ4v) is 6.12. The van der Waals surface area contributed by atoms with Gasteiger partial charge in [0.1, 0.15) is 17.1 Å². The Morgan fingerprint density at radius 1 is 0.630 bits per heavy atom. The number of rotatable bonds is 11. The molecule has 0 spiro atoms. The summed E-state index contributed by atoms with van der Waals surface area (Å²) < 4.78 is 5.51. The summed E-state index contributed by atoms with van der Waals surface area (Å²) >= 11 is 0. The Morgan fingerprint density at radius 3 is 2.13 bits per heavy atom. The van der Waals surface area contributed by atoms with E-state index >= 15 is 0 Å². The first kappa shape index (κ1) is 35.1. The third kappa shape index (κ3) is 7.78. The number of carbonyl (C=O) groups excluding carboxylic acids is 3. The van der Waals surface area contributed by atoms with Crippen molar-refractivity contribution in [2.24, 2.45) is 10.2 Å². The second-order valence-corrected chi connectivity index (χ2v) is 12.4. The van der Waals surface area contributed by atoms with Gasteiger partial charge in [-0.2, -0.15) is 0 Å². The zero-order chi connectivity index (χ0) is 37.4. The summed E-state index contributed by atoms with van der Waals surface area (Å²) in [6.45, 7) is 0.429. The Morgan fingerprint density at radius 2 is 1.33 bits per heavy atom. The first-order chi connectivity index (χ1) is 26.4. The van der Waals surface area contributed by atoms with Crippen LogP contribution in [0.3, 0.4) is 0 Å². The van der Waals surface area contributed by atoms with Crippen LogP contribution in [0.1, 0.15) is 36.6 Å². The quantitative estimate of drug-likeness (QED) is 0.0988. The average molecular weight is 714 g/mol. The molecule has 0 unspecified atom stereocenters. The molecule has 0 aliphatic heterocycles. The number of benzene rings is 7. The van der Waals surface area contributed by atoms with Gasteiger partial charge in [-0.25, -0.2) is 0 Å². The molecule has 7 aromatic rings. The van der Waals surface area contributed by atoms with E-state index in [4.69, 9.17) is 4.74 Å². The van der Waals surface area contributed by atoms with Crippen molar-refractivity contribution in [3.05, 3.63) is 168 Å². The number of amides is 3. The Bertz CT molecular complexity index is 2530. The molecule has 0 heterocycles. The molecule has 0 aliphatic carbocycles. The van der Waals surface area contributed by atoms with Crippen LogP contribution in [0.4, 0.5) is 22.7 Å². The summed E-state index contributed by atoms with van der Waals surface area (Å²) in [5.41, 5.74) is 3.08. The van der Waals surface area contributed by atoms with Crippen molar-refractivity contribution < 1.29 is 24.2 Å². The Hall–Kier alpha value is -7.33. The molecule has 10 nitrogen and oxygen atoms in total. The van der Waals surface area contributed by atoms with Gasteiger partial charge in [0.15, 0.2) is 5.75 Å². The lowest BCUT2D eigenvalue weighted by atomic mass is 10.00. The average Bonchev–Trinajstić information content (AvgIpc) is 3.20. The minimum absolute atomic E-state index is 0.00667. The first-order valence-corrected chi connectivity index (χ1v) is 17.2. The SMILES string of the molecule is COc1ccc(C(=O)Nc2ccccc2)cc1N=Nc1c(O)c(C(=O)Nc2cccc3ccccc23)cc2cc(C(=O)NCCc3ccccc3)ccc12. The molecule has 4 N–H and O–H groups in total. The number of phenols is 1. The van der Waals surface area contributed by atoms with Gasteiger partial charge in [-0.05, 0) is 77.4 Å². The first-order valence-electron chi connectivity index (χ1n) is 17.2. The molecule has 0 fully saturated rings. The van der Waals surface area contributed by atoms with Crippen LogP contribution in [0, 0.1) is 0 Å². The molecular weight excluding hydrogens is 679 g/mol. The topological polar surface area (TPSA) is 141 Å². The number of hydrogen-bond donors (Lipinski definition) is 4. The highest BCUT2D eigenvalue weighted by molar-refractivity contribution is 6.15. The maximum absolute atomic E-state index is 13.9. The van der Waals surface area contributed by atoms with Crippen molar-refractivity contribution in [2.75, 3.05) is 24.3 Å². The summed E-state index contributed by atoms with van der Waals surface area (Å²) in [6.07, 6.45) is 0.662. The van der Waals surface area contributed by atoms with Gasteiger partial charge >= 0.3 is 0 Å². The minimum atomic E-state index is -0.586. The van der Waals surface area contributed by atoms with E-state index < -0.39 is 11.7 Å². The van der Waals surface area contributed by atoms with Crippen LogP contribution >= 0.6 is 0 Å². The fourth-order valence-electron chi connectivity index (χ4n) is 6.12. The van der Waals surface area contributed by atoms with Crippen molar-refractivity contribution in [3.8, 4) is 11.5 Å². The molecule has 0 atom stereocenters. The van der Waals surface area contributed by atoms with E-state index in [1.807, 2.05) is 84.9 Å². The number of methoxy groups -OCH3 is 1. The molecule has 7 rings (SSSR count). The fraction of sp³-hybridized carbons (Fsp3) is 0.0682. The van der Waals surface area contributed by atoms with E-state index in [0.717, 1.165) is 16.3 Å². The zero-order valence-electron chi connectivity index (χ0n) is 29.2. The monoisotopic (exact) mass is 713 g/mol. The molecule has 0 aromatic heterocycles. The van der Waals surface area contributed by atoms with E-state index in [1.54, 1.807) is 48.5 Å². The van der Waals surface area contributed by atoms with Crippen LogP contribution in [-0.2, 0) is 6.42 Å². The van der Waals surface area contributed by atoms with Crippen LogP contribution in [0.5, 0.6) is 11.5 Å². The van der Waals surface area contributed by atoms with Crippen molar-refractivity contribution in [1.82, 2.24) is 5.32 Å². The lowest BCUT2D eigenvalue weighted by molar-refractivity contribution is 0.0952. The summed E-state index contributed by atoms with van der Waals surface area (Å²) in [7, 11) is 1.47. The molecule has 10 heteroatoms. The highest BCUT2D eigenvalue weighted by Gasteiger charge is 2.21. The van der Waals surface area contributed by atoms with Gasteiger partial charge in [0.2, 0.25) is 0 Å². The standard InChI is InChI=1S/C44H35N5O5/c1-54-39-22-20-31(43(52)46-33-15-6-3-7-16-33)27-38(39)48-49-40-35-21-19-30(42(51)45-24-23-28-11-4-2-5-12-28)25-32(35)26-36(41(40)50)44(53)47-37-18-10-14-29-13-8-9-17-34(29)37/h2-22,25-27,50H,23-24H2,1H3,(H,45,51)(H,46,52)(H,47,53). The molecule has 0 saturated carbocycles. The van der Waals surface area contributed by atoms with Crippen molar-refractivity contribution in [1.29, 1.82) is 0 Å². The predicted octanol–water partition coefficient (Wildman–Crippen LogP) is 9.60. The third-order valence-corrected chi connectivity index (χ3v) is 8.90. The summed E-state index contributed by atoms with van der Waals surface area (Å²) in [5.74, 6) is -1.33. The molecule has 3 amide bonds. The van der Waals surface area contributed by atoms with Gasteiger partial charge in [-0.3, -0.25) is 14.4 Å². The van der Waals surface area contributed by atoms with E-state index in [2.05, 4.69) is 26.2 Å². The number of nitrogens with zero attached hydrogens (tertiary/aromatic N) is 2. The molecule has 0 bridgehead atoms. The smallest absolute Gasteiger partial charge is 0.259 e. The summed E-state index contributed by atoms with van der Waals surface area (Å²) in [4.78, 5) is 40.3. The second kappa shape index (κ2) is 15.9. The normalized spacial score (nSPS) is 11.1. The van der Waals surface area contributed by atoms with Gasteiger partial charge in [0.05, 0.1) is 12.7 Å². The number of nitrogens with one attached hydrogen (secondary N) is 3. The molecule has 0 radical (unpaired) electrons. The number of phenolic OH excluding ortho intramolecular Hbond substituents is 1. The number of fused-ring (bicyclic) bond motifs is 2. The lowest BCUT2D eigenvalue weighted by Crippen LogP contribution is -2.25. The van der Waals surface area contributed by atoms with E-state index in [0.29, 0.717) is 52.0 Å². The number of aromatic hydroxyl groups is 1. The Labute approximate surface area is 311 Å². The largest absolute Gasteiger partial charge is 0.505 e. The number of anilines is 2. The minimum Gasteiger partial charge on any atom is -0.505 e. The van der Waals surface area contributed by atoms with E-state index in [-0.39, 0.29) is 28.8 Å². The Kier molecular flexibility index (Phi) is 10.3. The maximum Gasteiger partial charge on any atom is 0.259 e. The summed E-state index contributed by atoms with van der Waals surface area (Å²) in [5, 5.41) is 31.9. The molecule has 54 heavy (non-hydrogen) atoms.